The quantitative estimate of drug-likeness (QED) is 0.676. The molecule has 0 aliphatic carbocycles. The summed E-state index contributed by atoms with van der Waals surface area (Å²) in [7, 11) is 1.23. The number of ketones is 1. The van der Waals surface area contributed by atoms with Gasteiger partial charge in [-0.3, -0.25) is 9.69 Å². The number of esters is 1. The molecule has 1 heterocycles. The van der Waals surface area contributed by atoms with Gasteiger partial charge in [0.15, 0.2) is 5.78 Å². The van der Waals surface area contributed by atoms with E-state index < -0.39 is 29.6 Å². The van der Waals surface area contributed by atoms with Crippen LogP contribution < -0.4 is 0 Å². The number of methoxy groups -OCH3 is 1. The van der Waals surface area contributed by atoms with Crippen molar-refractivity contribution in [2.45, 2.75) is 39.3 Å². The number of amides is 1. The Labute approximate surface area is 119 Å². The number of nitrogens with zero attached hydrogens (tertiary/aromatic N) is 1. The first-order valence-corrected chi connectivity index (χ1v) is 5.77. The first-order valence-electron chi connectivity index (χ1n) is 5.77. The van der Waals surface area contributed by atoms with E-state index in [1.165, 1.54) is 7.11 Å². The normalized spacial score (nSPS) is 22.8. The fraction of sp³-hybridized carbons (Fsp3) is 0.750. The molecule has 7 heteroatoms. The van der Waals surface area contributed by atoms with Crippen molar-refractivity contribution in [3.8, 4) is 0 Å². The van der Waals surface area contributed by atoms with Gasteiger partial charge in [-0.05, 0) is 20.8 Å². The summed E-state index contributed by atoms with van der Waals surface area (Å²) >= 11 is 0. The van der Waals surface area contributed by atoms with Gasteiger partial charge < -0.3 is 9.47 Å². The highest BCUT2D eigenvalue weighted by Crippen LogP contribution is 2.24. The van der Waals surface area contributed by atoms with Crippen molar-refractivity contribution >= 4 is 31.3 Å². The highest BCUT2D eigenvalue weighted by molar-refractivity contribution is 7.59. The molecule has 1 fully saturated rings. The third-order valence-electron chi connectivity index (χ3n) is 2.71. The van der Waals surface area contributed by atoms with Gasteiger partial charge in [0.05, 0.1) is 13.7 Å². The summed E-state index contributed by atoms with van der Waals surface area (Å²) in [5, 5.41) is 0. The summed E-state index contributed by atoms with van der Waals surface area (Å²) in [6.07, 6.45) is -0.671. The van der Waals surface area contributed by atoms with E-state index in [4.69, 9.17) is 4.74 Å². The van der Waals surface area contributed by atoms with Crippen molar-refractivity contribution in [2.24, 2.45) is 5.92 Å². The van der Waals surface area contributed by atoms with Gasteiger partial charge in [0.1, 0.15) is 11.6 Å². The Morgan fingerprint density at radius 3 is 2.26 bits per heavy atom. The molecule has 1 amide bonds. The molecule has 0 radical (unpaired) electrons. The van der Waals surface area contributed by atoms with Gasteiger partial charge in [0.25, 0.3) is 0 Å². The largest absolute Gasteiger partial charge is 0.467 e. The Hall–Kier alpha value is -1.24. The summed E-state index contributed by atoms with van der Waals surface area (Å²) in [4.78, 5) is 36.3. The lowest BCUT2D eigenvalue weighted by Crippen LogP contribution is -2.45. The molecular formula is C12H21NO5S. The number of likely N-dealkylation sites (tertiary alicyclic amines) is 1. The molecule has 1 saturated heterocycles. The topological polar surface area (TPSA) is 72.9 Å². The molecule has 0 saturated carbocycles. The van der Waals surface area contributed by atoms with Crippen LogP contribution in [-0.4, -0.2) is 48.0 Å². The summed E-state index contributed by atoms with van der Waals surface area (Å²) < 4.78 is 9.79. The Morgan fingerprint density at radius 2 is 1.84 bits per heavy atom. The van der Waals surface area contributed by atoms with Crippen LogP contribution in [0.25, 0.3) is 0 Å². The molecule has 0 aromatic heterocycles. The van der Waals surface area contributed by atoms with Crippen molar-refractivity contribution < 1.29 is 23.9 Å². The van der Waals surface area contributed by atoms with Gasteiger partial charge >= 0.3 is 12.1 Å². The predicted molar refractivity (Wildman–Crippen MR) is 73.3 cm³/mol. The van der Waals surface area contributed by atoms with Crippen LogP contribution in [0, 0.1) is 5.92 Å². The second-order valence-corrected chi connectivity index (χ2v) is 5.33. The summed E-state index contributed by atoms with van der Waals surface area (Å²) in [6, 6.07) is -0.891. The molecule has 0 aromatic rings. The zero-order valence-electron chi connectivity index (χ0n) is 11.9. The van der Waals surface area contributed by atoms with Crippen LogP contribution in [0.5, 0.6) is 0 Å². The van der Waals surface area contributed by atoms with Crippen molar-refractivity contribution in [3.05, 3.63) is 0 Å². The maximum atomic E-state index is 11.9. The number of carbonyl (C=O) groups is 3. The fourth-order valence-corrected chi connectivity index (χ4v) is 1.81. The number of hydrogen-bond acceptors (Lipinski definition) is 5. The van der Waals surface area contributed by atoms with Gasteiger partial charge in [-0.1, -0.05) is 6.92 Å². The van der Waals surface area contributed by atoms with E-state index in [1.807, 2.05) is 0 Å². The van der Waals surface area contributed by atoms with Crippen molar-refractivity contribution in [2.75, 3.05) is 13.7 Å². The van der Waals surface area contributed by atoms with E-state index in [2.05, 4.69) is 4.74 Å². The SMILES string of the molecule is COC(=O)[C@@H]1C(C)C(=O)CN1C(=O)OC(C)(C)C.S. The minimum atomic E-state index is -0.891. The number of Topliss-reactive ketones (excluding diaryl/α,β-unsaturated/α-hetero) is 1. The van der Waals surface area contributed by atoms with Crippen molar-refractivity contribution in [3.63, 3.8) is 0 Å². The molecule has 1 aliphatic heterocycles. The Morgan fingerprint density at radius 1 is 1.32 bits per heavy atom. The first-order chi connectivity index (χ1) is 8.17. The van der Waals surface area contributed by atoms with E-state index in [1.54, 1.807) is 27.7 Å². The monoisotopic (exact) mass is 291 g/mol. The second-order valence-electron chi connectivity index (χ2n) is 5.33. The lowest BCUT2D eigenvalue weighted by molar-refractivity contribution is -0.147. The molecular weight excluding hydrogens is 270 g/mol. The smallest absolute Gasteiger partial charge is 0.411 e. The Balaban J connectivity index is 0.00000324. The van der Waals surface area contributed by atoms with Crippen LogP contribution in [0.1, 0.15) is 27.7 Å². The molecule has 0 N–H and O–H groups in total. The zero-order valence-corrected chi connectivity index (χ0v) is 12.9. The van der Waals surface area contributed by atoms with E-state index >= 15 is 0 Å². The molecule has 0 bridgehead atoms. The second kappa shape index (κ2) is 6.27. The van der Waals surface area contributed by atoms with Crippen LogP contribution in [0.15, 0.2) is 0 Å². The van der Waals surface area contributed by atoms with Gasteiger partial charge in [0.2, 0.25) is 0 Å². The van der Waals surface area contributed by atoms with E-state index in [9.17, 15) is 14.4 Å². The van der Waals surface area contributed by atoms with Crippen LogP contribution in [0.2, 0.25) is 0 Å². The first kappa shape index (κ1) is 17.8. The molecule has 0 spiro atoms. The van der Waals surface area contributed by atoms with Gasteiger partial charge in [-0.2, -0.15) is 13.5 Å². The average Bonchev–Trinajstić information content (AvgIpc) is 2.52. The third kappa shape index (κ3) is 4.12. The third-order valence-corrected chi connectivity index (χ3v) is 2.71. The highest BCUT2D eigenvalue weighted by Gasteiger charge is 2.46. The molecule has 1 unspecified atom stereocenters. The van der Waals surface area contributed by atoms with E-state index in [0.29, 0.717) is 0 Å². The molecule has 6 nitrogen and oxygen atoms in total. The van der Waals surface area contributed by atoms with Crippen molar-refractivity contribution in [1.29, 1.82) is 0 Å². The standard InChI is InChI=1S/C12H19NO5.H2S/c1-7-8(14)6-13(9(7)10(15)17-5)11(16)18-12(2,3)4;/h7,9H,6H2,1-5H3;1H2/t7?,9-;/m0./s1. The molecule has 19 heavy (non-hydrogen) atoms. The van der Waals surface area contributed by atoms with Crippen LogP contribution in [0.3, 0.4) is 0 Å². The van der Waals surface area contributed by atoms with E-state index in [-0.39, 0.29) is 25.8 Å². The minimum absolute atomic E-state index is 0. The predicted octanol–water partition coefficient (Wildman–Crippen LogP) is 1.10. The van der Waals surface area contributed by atoms with Crippen LogP contribution in [0.4, 0.5) is 4.79 Å². The van der Waals surface area contributed by atoms with Crippen LogP contribution >= 0.6 is 13.5 Å². The average molecular weight is 291 g/mol. The molecule has 1 rings (SSSR count). The Bertz CT molecular complexity index is 377. The van der Waals surface area contributed by atoms with Gasteiger partial charge in [0, 0.05) is 5.92 Å². The molecule has 2 atom stereocenters. The molecule has 1 aliphatic rings. The highest BCUT2D eigenvalue weighted by atomic mass is 32.1. The van der Waals surface area contributed by atoms with Crippen LogP contribution in [-0.2, 0) is 19.1 Å². The van der Waals surface area contributed by atoms with E-state index in [0.717, 1.165) is 4.90 Å². The maximum Gasteiger partial charge on any atom is 0.411 e. The van der Waals surface area contributed by atoms with Crippen molar-refractivity contribution in [1.82, 2.24) is 4.90 Å². The number of hydrogen-bond donors (Lipinski definition) is 0. The summed E-state index contributed by atoms with van der Waals surface area (Å²) in [5.74, 6) is -1.33. The lowest BCUT2D eigenvalue weighted by atomic mass is 10.0. The van der Waals surface area contributed by atoms with Gasteiger partial charge in [-0.25, -0.2) is 9.59 Å². The number of rotatable bonds is 1. The molecule has 0 aromatic carbocycles. The summed E-state index contributed by atoms with van der Waals surface area (Å²) in [5.41, 5.74) is -0.674. The number of carbonyl (C=O) groups excluding carboxylic acids is 3. The maximum absolute atomic E-state index is 11.9. The number of ether oxygens (including phenoxy) is 2. The molecule has 110 valence electrons. The summed E-state index contributed by atoms with van der Waals surface area (Å²) in [6.45, 7) is 6.66. The lowest BCUT2D eigenvalue weighted by Gasteiger charge is -2.27. The van der Waals surface area contributed by atoms with Gasteiger partial charge in [-0.15, -0.1) is 0 Å². The minimum Gasteiger partial charge on any atom is -0.467 e. The zero-order chi connectivity index (χ0) is 14.1. The Kier molecular flexibility index (Phi) is 5.86. The fourth-order valence-electron chi connectivity index (χ4n) is 1.81.